The number of fused-ring (bicyclic) bond motifs is 1. The van der Waals surface area contributed by atoms with Gasteiger partial charge in [-0.1, -0.05) is 12.1 Å². The molecule has 2 heterocycles. The van der Waals surface area contributed by atoms with Crippen molar-refractivity contribution < 1.29 is 4.79 Å². The first-order valence-corrected chi connectivity index (χ1v) is 7.22. The number of carbonyl (C=O) groups is 1. The second-order valence-corrected chi connectivity index (χ2v) is 5.79. The number of aromatic amines is 1. The lowest BCUT2D eigenvalue weighted by molar-refractivity contribution is 0.103. The van der Waals surface area contributed by atoms with Crippen LogP contribution in [0.25, 0.3) is 10.2 Å². The lowest BCUT2D eigenvalue weighted by Gasteiger charge is -2.05. The molecule has 0 aliphatic rings. The van der Waals surface area contributed by atoms with Crippen molar-refractivity contribution in [2.75, 3.05) is 5.32 Å². The van der Waals surface area contributed by atoms with Gasteiger partial charge in [0.05, 0.1) is 16.6 Å². The normalized spacial score (nSPS) is 10.8. The predicted molar refractivity (Wildman–Crippen MR) is 84.1 cm³/mol. The summed E-state index contributed by atoms with van der Waals surface area (Å²) in [5, 5.41) is 3.33. The number of aryl methyl sites for hydroxylation is 2. The number of hydrogen-bond donors (Lipinski definition) is 2. The van der Waals surface area contributed by atoms with Crippen molar-refractivity contribution in [3.8, 4) is 0 Å². The molecular weight excluding hydrogens is 286 g/mol. The number of benzene rings is 1. The first kappa shape index (κ1) is 13.5. The van der Waals surface area contributed by atoms with Crippen LogP contribution in [0, 0.1) is 13.8 Å². The average Bonchev–Trinajstić information content (AvgIpc) is 2.77. The van der Waals surface area contributed by atoms with E-state index in [1.165, 1.54) is 17.7 Å². The van der Waals surface area contributed by atoms with Crippen molar-refractivity contribution in [1.82, 2.24) is 9.97 Å². The number of aromatic nitrogens is 2. The molecule has 106 valence electrons. The molecule has 0 saturated carbocycles. The molecule has 0 radical (unpaired) electrons. The Bertz CT molecular complexity index is 895. The third-order valence-electron chi connectivity index (χ3n) is 3.21. The van der Waals surface area contributed by atoms with Crippen LogP contribution >= 0.6 is 11.3 Å². The van der Waals surface area contributed by atoms with Gasteiger partial charge >= 0.3 is 0 Å². The molecule has 0 atom stereocenters. The molecule has 5 nitrogen and oxygen atoms in total. The molecule has 3 rings (SSSR count). The van der Waals surface area contributed by atoms with Gasteiger partial charge in [0, 0.05) is 5.69 Å². The van der Waals surface area contributed by atoms with Crippen LogP contribution in [0.4, 0.5) is 5.69 Å². The molecule has 0 bridgehead atoms. The van der Waals surface area contributed by atoms with E-state index in [2.05, 4.69) is 15.3 Å². The van der Waals surface area contributed by atoms with E-state index in [0.29, 0.717) is 20.7 Å². The van der Waals surface area contributed by atoms with E-state index >= 15 is 0 Å². The van der Waals surface area contributed by atoms with Gasteiger partial charge in [0.15, 0.2) is 0 Å². The highest BCUT2D eigenvalue weighted by molar-refractivity contribution is 7.20. The molecule has 0 unspecified atom stereocenters. The summed E-state index contributed by atoms with van der Waals surface area (Å²) in [5.41, 5.74) is 2.25. The van der Waals surface area contributed by atoms with Gasteiger partial charge in [-0.15, -0.1) is 11.3 Å². The first-order chi connectivity index (χ1) is 10.1. The fraction of sp³-hybridized carbons (Fsp3) is 0.133. The lowest BCUT2D eigenvalue weighted by atomic mass is 10.2. The molecule has 2 aromatic heterocycles. The Kier molecular flexibility index (Phi) is 3.31. The third kappa shape index (κ3) is 2.45. The van der Waals surface area contributed by atoms with Crippen LogP contribution in [0.1, 0.15) is 20.8 Å². The predicted octanol–water partition coefficient (Wildman–Crippen LogP) is 2.85. The molecule has 6 heteroatoms. The maximum Gasteiger partial charge on any atom is 0.266 e. The number of nitrogens with one attached hydrogen (secondary N) is 2. The van der Waals surface area contributed by atoms with Gasteiger partial charge in [0.2, 0.25) is 0 Å². The van der Waals surface area contributed by atoms with Crippen LogP contribution in [0.3, 0.4) is 0 Å². The molecule has 0 fully saturated rings. The second kappa shape index (κ2) is 5.14. The second-order valence-electron chi connectivity index (χ2n) is 4.79. The van der Waals surface area contributed by atoms with Gasteiger partial charge in [0.1, 0.15) is 4.83 Å². The minimum atomic E-state index is -0.222. The largest absolute Gasteiger partial charge is 0.321 e. The van der Waals surface area contributed by atoms with E-state index in [1.54, 1.807) is 6.92 Å². The number of carbonyl (C=O) groups excluding carboxylic acids is 1. The lowest BCUT2D eigenvalue weighted by Crippen LogP contribution is -2.12. The number of hydrogen-bond acceptors (Lipinski definition) is 4. The summed E-state index contributed by atoms with van der Waals surface area (Å²) < 4.78 is 0. The highest BCUT2D eigenvalue weighted by Gasteiger charge is 2.18. The zero-order valence-corrected chi connectivity index (χ0v) is 12.4. The summed E-state index contributed by atoms with van der Waals surface area (Å²) in [6.07, 6.45) is 1.35. The molecule has 3 aromatic rings. The molecule has 1 amide bonds. The van der Waals surface area contributed by atoms with E-state index < -0.39 is 0 Å². The summed E-state index contributed by atoms with van der Waals surface area (Å²) >= 11 is 1.23. The van der Waals surface area contributed by atoms with Crippen LogP contribution < -0.4 is 10.9 Å². The third-order valence-corrected chi connectivity index (χ3v) is 4.41. The fourth-order valence-electron chi connectivity index (χ4n) is 2.21. The van der Waals surface area contributed by atoms with Crippen molar-refractivity contribution in [2.45, 2.75) is 13.8 Å². The van der Waals surface area contributed by atoms with Crippen LogP contribution in [0.15, 0.2) is 35.4 Å². The van der Waals surface area contributed by atoms with Gasteiger partial charge in [-0.25, -0.2) is 4.98 Å². The maximum atomic E-state index is 12.4. The standard InChI is InChI=1S/C15H13N3O2S/c1-8-4-3-5-10(6-8)18-14(20)12-9(2)11-13(19)16-7-17-15(11)21-12/h3-7H,1-2H3,(H,18,20)(H,16,17,19). The van der Waals surface area contributed by atoms with Crippen molar-refractivity contribution in [2.24, 2.45) is 0 Å². The highest BCUT2D eigenvalue weighted by Crippen LogP contribution is 2.27. The summed E-state index contributed by atoms with van der Waals surface area (Å²) in [5.74, 6) is -0.222. The van der Waals surface area contributed by atoms with Crippen LogP contribution in [-0.4, -0.2) is 15.9 Å². The summed E-state index contributed by atoms with van der Waals surface area (Å²) in [4.78, 5) is 31.9. The number of rotatable bonds is 2. The van der Waals surface area contributed by atoms with Gasteiger partial charge in [0.25, 0.3) is 11.5 Å². The van der Waals surface area contributed by atoms with Gasteiger partial charge in [-0.3, -0.25) is 9.59 Å². The quantitative estimate of drug-likeness (QED) is 0.764. The van der Waals surface area contributed by atoms with E-state index in [4.69, 9.17) is 0 Å². The van der Waals surface area contributed by atoms with Crippen LogP contribution in [0.2, 0.25) is 0 Å². The molecule has 0 aliphatic heterocycles. The molecule has 2 N–H and O–H groups in total. The van der Waals surface area contributed by atoms with E-state index in [0.717, 1.165) is 11.3 Å². The smallest absolute Gasteiger partial charge is 0.266 e. The summed E-state index contributed by atoms with van der Waals surface area (Å²) in [6.45, 7) is 3.73. The molecule has 0 saturated heterocycles. The Labute approximate surface area is 124 Å². The zero-order chi connectivity index (χ0) is 15.0. The minimum Gasteiger partial charge on any atom is -0.321 e. The number of nitrogens with zero attached hydrogens (tertiary/aromatic N) is 1. The van der Waals surface area contributed by atoms with E-state index in [-0.39, 0.29) is 11.5 Å². The topological polar surface area (TPSA) is 74.8 Å². The van der Waals surface area contributed by atoms with Gasteiger partial charge in [-0.05, 0) is 37.1 Å². The first-order valence-electron chi connectivity index (χ1n) is 6.41. The number of H-pyrrole nitrogens is 1. The average molecular weight is 299 g/mol. The van der Waals surface area contributed by atoms with Crippen molar-refractivity contribution in [3.63, 3.8) is 0 Å². The molecule has 0 spiro atoms. The Balaban J connectivity index is 2.01. The SMILES string of the molecule is Cc1cccc(NC(=O)c2sc3nc[nH]c(=O)c3c2C)c1. The maximum absolute atomic E-state index is 12.4. The van der Waals surface area contributed by atoms with Crippen molar-refractivity contribution in [3.05, 3.63) is 57.0 Å². The Hall–Kier alpha value is -2.47. The molecule has 1 aromatic carbocycles. The van der Waals surface area contributed by atoms with Crippen LogP contribution in [0.5, 0.6) is 0 Å². The Morgan fingerprint density at radius 3 is 2.86 bits per heavy atom. The molecule has 21 heavy (non-hydrogen) atoms. The van der Waals surface area contributed by atoms with Crippen molar-refractivity contribution >= 4 is 33.1 Å². The number of anilines is 1. The van der Waals surface area contributed by atoms with Gasteiger partial charge < -0.3 is 10.3 Å². The molecular formula is C15H13N3O2S. The number of amides is 1. The fourth-order valence-corrected chi connectivity index (χ4v) is 3.25. The van der Waals surface area contributed by atoms with E-state index in [9.17, 15) is 9.59 Å². The monoisotopic (exact) mass is 299 g/mol. The number of thiophene rings is 1. The van der Waals surface area contributed by atoms with Crippen molar-refractivity contribution in [1.29, 1.82) is 0 Å². The van der Waals surface area contributed by atoms with Crippen LogP contribution in [-0.2, 0) is 0 Å². The molecule has 0 aliphatic carbocycles. The highest BCUT2D eigenvalue weighted by atomic mass is 32.1. The summed E-state index contributed by atoms with van der Waals surface area (Å²) in [6, 6.07) is 7.57. The van der Waals surface area contributed by atoms with Gasteiger partial charge in [-0.2, -0.15) is 0 Å². The Morgan fingerprint density at radius 1 is 1.33 bits per heavy atom. The minimum absolute atomic E-state index is 0.219. The van der Waals surface area contributed by atoms with E-state index in [1.807, 2.05) is 31.2 Å². The Morgan fingerprint density at radius 2 is 2.14 bits per heavy atom. The summed E-state index contributed by atoms with van der Waals surface area (Å²) in [7, 11) is 0. The zero-order valence-electron chi connectivity index (χ0n) is 11.6.